The van der Waals surface area contributed by atoms with Gasteiger partial charge in [0, 0.05) is 10.3 Å². The van der Waals surface area contributed by atoms with Gasteiger partial charge in [-0.3, -0.25) is 14.5 Å². The summed E-state index contributed by atoms with van der Waals surface area (Å²) in [6.45, 7) is 2.37. The normalized spacial score (nSPS) is 23.8. The minimum absolute atomic E-state index is 0.0975. The van der Waals surface area contributed by atoms with Gasteiger partial charge >= 0.3 is 7.12 Å². The topological polar surface area (TPSA) is 87.1 Å². The van der Waals surface area contributed by atoms with E-state index in [1.807, 2.05) is 66.0 Å². The van der Waals surface area contributed by atoms with Gasteiger partial charge in [-0.05, 0) is 83.6 Å². The van der Waals surface area contributed by atoms with E-state index in [1.54, 1.807) is 17.4 Å². The first kappa shape index (κ1) is 28.8. The van der Waals surface area contributed by atoms with Gasteiger partial charge in [-0.25, -0.2) is 0 Å². The zero-order chi connectivity index (χ0) is 30.4. The van der Waals surface area contributed by atoms with Crippen LogP contribution in [0.1, 0.15) is 42.2 Å². The number of phenolic OH excluding ortho intramolecular Hbond substituents is 1. The van der Waals surface area contributed by atoms with E-state index < -0.39 is 13.0 Å². The van der Waals surface area contributed by atoms with Crippen LogP contribution in [0.25, 0.3) is 22.4 Å². The molecule has 2 fully saturated rings. The fourth-order valence-corrected chi connectivity index (χ4v) is 8.25. The van der Waals surface area contributed by atoms with Crippen molar-refractivity contribution in [3.8, 4) is 5.75 Å². The largest absolute Gasteiger partial charge is 0.507 e. The van der Waals surface area contributed by atoms with Gasteiger partial charge in [-0.15, -0.1) is 11.3 Å². The number of carbonyl (C=O) groups excluding carboxylic acids is 2. The fraction of sp³-hybridized carbons (Fsp3) is 0.278. The van der Waals surface area contributed by atoms with Gasteiger partial charge in [0.05, 0.1) is 24.5 Å². The summed E-state index contributed by atoms with van der Waals surface area (Å²) in [6.07, 6.45) is 3.97. The van der Waals surface area contributed by atoms with Crippen LogP contribution in [0.15, 0.2) is 95.4 Å². The Bertz CT molecular complexity index is 1780. The summed E-state index contributed by atoms with van der Waals surface area (Å²) >= 11 is 1.55. The summed E-state index contributed by atoms with van der Waals surface area (Å²) in [6, 6.07) is 25.6. The van der Waals surface area contributed by atoms with Crippen molar-refractivity contribution in [3.63, 3.8) is 0 Å². The van der Waals surface area contributed by atoms with E-state index in [2.05, 4.69) is 25.1 Å². The van der Waals surface area contributed by atoms with E-state index in [4.69, 9.17) is 4.65 Å². The number of phenols is 1. The standard InChI is InChI=1S/C36H34BNO5S/c1-22-18-29-34(36(41)38(35(29)40)21-26-10-7-17-44-26)30-20-37(42)43-32(33(22)30)16-14-24(23-8-3-2-4-9-23)19-25-13-15-31(39)28-12-6-5-11-27(25)28/h2-13,15,17,19,29-30,32,34,39,42H,14,16,18,20-21H2,1H3/b24-19-/t29-,30+,32-,34-/m1/s1. The Balaban J connectivity index is 1.19. The monoisotopic (exact) mass is 603 g/mol. The van der Waals surface area contributed by atoms with Gasteiger partial charge in [0.15, 0.2) is 0 Å². The second-order valence-electron chi connectivity index (χ2n) is 12.1. The SMILES string of the molecule is CC1=C2[C@@H](CC/C(=C/c3ccc(O)c4ccccc34)c3ccccc3)OB(O)C[C@@H]2[C@@H]2C(=O)N(Cc3cccs3)C(=O)[C@@H]2C1. The molecule has 0 radical (unpaired) electrons. The number of imide groups is 1. The van der Waals surface area contributed by atoms with Gasteiger partial charge in [0.2, 0.25) is 11.8 Å². The molecule has 3 heterocycles. The number of amides is 2. The molecule has 2 amide bonds. The average Bonchev–Trinajstić information content (AvgIpc) is 3.63. The summed E-state index contributed by atoms with van der Waals surface area (Å²) < 4.78 is 6.20. The quantitative estimate of drug-likeness (QED) is 0.103. The number of carbonyl (C=O) groups is 2. The maximum atomic E-state index is 13.8. The van der Waals surface area contributed by atoms with E-state index in [0.29, 0.717) is 32.1 Å². The number of fused-ring (bicyclic) bond motifs is 4. The Morgan fingerprint density at radius 3 is 2.52 bits per heavy atom. The van der Waals surface area contributed by atoms with Gasteiger partial charge in [-0.2, -0.15) is 0 Å². The first-order chi connectivity index (χ1) is 21.4. The first-order valence-corrected chi connectivity index (χ1v) is 16.1. The van der Waals surface area contributed by atoms with E-state index in [0.717, 1.165) is 43.5 Å². The zero-order valence-corrected chi connectivity index (χ0v) is 25.4. The van der Waals surface area contributed by atoms with Crippen molar-refractivity contribution < 1.29 is 24.4 Å². The maximum absolute atomic E-state index is 13.8. The number of hydrogen-bond acceptors (Lipinski definition) is 6. The van der Waals surface area contributed by atoms with E-state index in [-0.39, 0.29) is 35.5 Å². The molecule has 8 heteroatoms. The Kier molecular flexibility index (Phi) is 7.75. The van der Waals surface area contributed by atoms with Crippen molar-refractivity contribution in [2.75, 3.05) is 0 Å². The van der Waals surface area contributed by atoms with Crippen LogP contribution in [-0.2, 0) is 20.8 Å². The molecule has 2 N–H and O–H groups in total. The predicted molar refractivity (Wildman–Crippen MR) is 174 cm³/mol. The summed E-state index contributed by atoms with van der Waals surface area (Å²) in [4.78, 5) is 29.7. The highest BCUT2D eigenvalue weighted by Gasteiger charge is 2.56. The van der Waals surface area contributed by atoms with E-state index in [1.165, 1.54) is 4.90 Å². The Morgan fingerprint density at radius 2 is 1.75 bits per heavy atom. The fourth-order valence-electron chi connectivity index (χ4n) is 7.56. The molecule has 44 heavy (non-hydrogen) atoms. The summed E-state index contributed by atoms with van der Waals surface area (Å²) in [7, 11) is -1.00. The predicted octanol–water partition coefficient (Wildman–Crippen LogP) is 6.94. The lowest BCUT2D eigenvalue weighted by molar-refractivity contribution is -0.140. The molecule has 0 unspecified atom stereocenters. The Morgan fingerprint density at radius 1 is 0.977 bits per heavy atom. The van der Waals surface area contributed by atoms with E-state index in [9.17, 15) is 19.7 Å². The summed E-state index contributed by atoms with van der Waals surface area (Å²) in [5, 5.41) is 25.1. The Hall–Kier alpha value is -3.98. The molecule has 1 aromatic heterocycles. The van der Waals surface area contributed by atoms with Gasteiger partial charge in [0.25, 0.3) is 0 Å². The molecule has 0 spiro atoms. The zero-order valence-electron chi connectivity index (χ0n) is 24.6. The number of nitrogens with zero attached hydrogens (tertiary/aromatic N) is 1. The first-order valence-electron chi connectivity index (χ1n) is 15.3. The molecule has 2 aliphatic heterocycles. The van der Waals surface area contributed by atoms with E-state index >= 15 is 0 Å². The summed E-state index contributed by atoms with van der Waals surface area (Å²) in [5.74, 6) is -1.04. The molecule has 1 aliphatic carbocycles. The maximum Gasteiger partial charge on any atom is 0.455 e. The highest BCUT2D eigenvalue weighted by Crippen LogP contribution is 2.51. The molecule has 3 aliphatic rings. The number of thiophene rings is 1. The van der Waals surface area contributed by atoms with Crippen molar-refractivity contribution >= 4 is 52.7 Å². The molecule has 4 atom stereocenters. The Labute approximate surface area is 261 Å². The molecule has 6 nitrogen and oxygen atoms in total. The van der Waals surface area contributed by atoms with Gasteiger partial charge in [-0.1, -0.05) is 78.4 Å². The van der Waals surface area contributed by atoms with Crippen molar-refractivity contribution in [1.82, 2.24) is 4.90 Å². The van der Waals surface area contributed by atoms with Gasteiger partial charge in [0.1, 0.15) is 5.75 Å². The molecule has 0 saturated carbocycles. The third-order valence-electron chi connectivity index (χ3n) is 9.52. The summed E-state index contributed by atoms with van der Waals surface area (Å²) in [5.41, 5.74) is 5.40. The van der Waals surface area contributed by atoms with Crippen LogP contribution in [0, 0.1) is 17.8 Å². The number of allylic oxidation sites excluding steroid dienone is 2. The van der Waals surface area contributed by atoms with Crippen molar-refractivity contribution in [3.05, 3.63) is 111 Å². The second-order valence-corrected chi connectivity index (χ2v) is 13.2. The lowest BCUT2D eigenvalue weighted by Crippen LogP contribution is -2.46. The molecule has 0 bridgehead atoms. The highest BCUT2D eigenvalue weighted by molar-refractivity contribution is 7.09. The number of benzene rings is 3. The van der Waals surface area contributed by atoms with Crippen LogP contribution in [0.2, 0.25) is 6.32 Å². The van der Waals surface area contributed by atoms with Crippen LogP contribution in [0.4, 0.5) is 0 Å². The molecular weight excluding hydrogens is 569 g/mol. The van der Waals surface area contributed by atoms with Crippen LogP contribution in [0.3, 0.4) is 0 Å². The third kappa shape index (κ3) is 5.21. The molecule has 222 valence electrons. The minimum atomic E-state index is -1.00. The lowest BCUT2D eigenvalue weighted by atomic mass is 9.58. The molecule has 7 rings (SSSR count). The lowest BCUT2D eigenvalue weighted by Gasteiger charge is -2.42. The van der Waals surface area contributed by atoms with Crippen LogP contribution in [0.5, 0.6) is 5.75 Å². The second kappa shape index (κ2) is 11.8. The highest BCUT2D eigenvalue weighted by atomic mass is 32.1. The van der Waals surface area contributed by atoms with Gasteiger partial charge < -0.3 is 14.8 Å². The third-order valence-corrected chi connectivity index (χ3v) is 10.4. The van der Waals surface area contributed by atoms with Crippen molar-refractivity contribution in [1.29, 1.82) is 0 Å². The van der Waals surface area contributed by atoms with Crippen LogP contribution in [-0.4, -0.2) is 40.1 Å². The molecule has 4 aromatic rings. The van der Waals surface area contributed by atoms with Crippen LogP contribution < -0.4 is 0 Å². The molecule has 2 saturated heterocycles. The average molecular weight is 604 g/mol. The number of rotatable bonds is 7. The smallest absolute Gasteiger partial charge is 0.455 e. The van der Waals surface area contributed by atoms with Crippen molar-refractivity contribution in [2.24, 2.45) is 17.8 Å². The number of likely N-dealkylation sites (tertiary alicyclic amines) is 1. The van der Waals surface area contributed by atoms with Crippen molar-refractivity contribution in [2.45, 2.75) is 45.2 Å². The molecular formula is C36H34BNO5S. The van der Waals surface area contributed by atoms with Crippen LogP contribution >= 0.6 is 11.3 Å². The minimum Gasteiger partial charge on any atom is -0.507 e. The number of hydrogen-bond donors (Lipinski definition) is 2. The number of aromatic hydroxyl groups is 1. The molecule has 3 aromatic carbocycles.